The molecule has 1 fully saturated rings. The number of benzene rings is 3. The van der Waals surface area contributed by atoms with Crippen molar-refractivity contribution >= 4 is 45.7 Å². The van der Waals surface area contributed by atoms with Gasteiger partial charge in [-0.2, -0.15) is 0 Å². The number of anilines is 2. The summed E-state index contributed by atoms with van der Waals surface area (Å²) in [6.45, 7) is 4.75. The van der Waals surface area contributed by atoms with Crippen LogP contribution in [0, 0.1) is 11.7 Å². The van der Waals surface area contributed by atoms with Crippen molar-refractivity contribution in [3.63, 3.8) is 0 Å². The van der Waals surface area contributed by atoms with Crippen molar-refractivity contribution < 1.29 is 23.5 Å². The molecule has 0 spiro atoms. The predicted octanol–water partition coefficient (Wildman–Crippen LogP) is 5.60. The van der Waals surface area contributed by atoms with Crippen LogP contribution in [0.4, 0.5) is 15.8 Å². The standard InChI is InChI=1S/C32H33ClFN5O4/c1-2-20-13-24-27(16-30(20)42-18-19-7-10-36-11-8-19)37-12-9-28(24)43-29-6-5-23(15-25(29)34)39-32(41)31(40)38-17-21-3-4-22(33)14-26(21)35/h3-6,9,12-16,19,36H,2,7-8,10-11,17-18,35H2,1H3,(H,38,40)(H,39,41). The molecule has 5 rings (SSSR count). The maximum absolute atomic E-state index is 15.1. The second-order valence-electron chi connectivity index (χ2n) is 10.4. The molecular weight excluding hydrogens is 573 g/mol. The summed E-state index contributed by atoms with van der Waals surface area (Å²) < 4.78 is 27.3. The molecular formula is C32H33ClFN5O4. The van der Waals surface area contributed by atoms with Gasteiger partial charge in [0.1, 0.15) is 11.5 Å². The van der Waals surface area contributed by atoms with Gasteiger partial charge in [0.25, 0.3) is 0 Å². The van der Waals surface area contributed by atoms with Gasteiger partial charge in [-0.05, 0) is 85.8 Å². The van der Waals surface area contributed by atoms with Crippen LogP contribution in [0.1, 0.15) is 30.9 Å². The Morgan fingerprint density at radius 3 is 2.58 bits per heavy atom. The lowest BCUT2D eigenvalue weighted by atomic mass is 9.99. The van der Waals surface area contributed by atoms with Crippen LogP contribution in [0.2, 0.25) is 5.02 Å². The van der Waals surface area contributed by atoms with Crippen molar-refractivity contribution in [3.05, 3.63) is 82.8 Å². The third-order valence-corrected chi connectivity index (χ3v) is 7.60. The monoisotopic (exact) mass is 605 g/mol. The van der Waals surface area contributed by atoms with Crippen molar-refractivity contribution in [2.24, 2.45) is 5.92 Å². The Morgan fingerprint density at radius 1 is 1.02 bits per heavy atom. The molecule has 1 saturated heterocycles. The van der Waals surface area contributed by atoms with Gasteiger partial charge < -0.3 is 31.2 Å². The second-order valence-corrected chi connectivity index (χ2v) is 10.8. The van der Waals surface area contributed by atoms with Crippen molar-refractivity contribution in [1.29, 1.82) is 0 Å². The highest BCUT2D eigenvalue weighted by Gasteiger charge is 2.18. The maximum atomic E-state index is 15.1. The number of fused-ring (bicyclic) bond motifs is 1. The van der Waals surface area contributed by atoms with Gasteiger partial charge in [-0.3, -0.25) is 14.6 Å². The summed E-state index contributed by atoms with van der Waals surface area (Å²) in [5.74, 6) is -0.864. The van der Waals surface area contributed by atoms with E-state index in [0.29, 0.717) is 40.1 Å². The van der Waals surface area contributed by atoms with Gasteiger partial charge in [-0.15, -0.1) is 0 Å². The molecule has 0 radical (unpaired) electrons. The lowest BCUT2D eigenvalue weighted by molar-refractivity contribution is -0.136. The van der Waals surface area contributed by atoms with E-state index in [2.05, 4.69) is 27.9 Å². The number of nitrogens with zero attached hydrogens (tertiary/aromatic N) is 1. The molecule has 2 heterocycles. The van der Waals surface area contributed by atoms with Crippen molar-refractivity contribution in [2.75, 3.05) is 30.7 Å². The summed E-state index contributed by atoms with van der Waals surface area (Å²) in [6.07, 6.45) is 4.52. The van der Waals surface area contributed by atoms with Gasteiger partial charge in [-0.25, -0.2) is 4.39 Å². The van der Waals surface area contributed by atoms with Crippen LogP contribution >= 0.6 is 11.6 Å². The molecule has 1 aliphatic heterocycles. The van der Waals surface area contributed by atoms with Gasteiger partial charge in [-0.1, -0.05) is 24.6 Å². The molecule has 2 amide bonds. The minimum atomic E-state index is -0.953. The van der Waals surface area contributed by atoms with E-state index >= 15 is 4.39 Å². The Bertz CT molecular complexity index is 1640. The minimum absolute atomic E-state index is 0.0296. The molecule has 1 aromatic heterocycles. The van der Waals surface area contributed by atoms with E-state index in [4.69, 9.17) is 26.8 Å². The fourth-order valence-corrected chi connectivity index (χ4v) is 5.08. The summed E-state index contributed by atoms with van der Waals surface area (Å²) in [5.41, 5.74) is 8.65. The summed E-state index contributed by atoms with van der Waals surface area (Å²) in [5, 5.41) is 9.44. The van der Waals surface area contributed by atoms with E-state index in [0.717, 1.165) is 55.1 Å². The quantitative estimate of drug-likeness (QED) is 0.144. The first kappa shape index (κ1) is 30.1. The number of halogens is 2. The van der Waals surface area contributed by atoms with Crippen LogP contribution in [-0.4, -0.2) is 36.5 Å². The number of aromatic nitrogens is 1. The highest BCUT2D eigenvalue weighted by atomic mass is 35.5. The highest BCUT2D eigenvalue weighted by Crippen LogP contribution is 2.35. The van der Waals surface area contributed by atoms with Crippen LogP contribution in [0.3, 0.4) is 0 Å². The van der Waals surface area contributed by atoms with E-state index in [1.807, 2.05) is 12.1 Å². The first-order valence-corrected chi connectivity index (χ1v) is 14.5. The SMILES string of the molecule is CCc1cc2c(Oc3ccc(NC(=O)C(=O)NCc4ccc(Cl)cc4N)cc3F)ccnc2cc1OCC1CCNCC1. The third kappa shape index (κ3) is 7.52. The van der Waals surface area contributed by atoms with Crippen LogP contribution in [-0.2, 0) is 22.6 Å². The molecule has 224 valence electrons. The maximum Gasteiger partial charge on any atom is 0.313 e. The van der Waals surface area contributed by atoms with E-state index in [1.165, 1.54) is 12.1 Å². The Hall–Kier alpha value is -4.41. The van der Waals surface area contributed by atoms with Crippen LogP contribution < -0.4 is 31.2 Å². The van der Waals surface area contributed by atoms with Crippen LogP contribution in [0.5, 0.6) is 17.2 Å². The number of rotatable bonds is 9. The number of hydrogen-bond donors (Lipinski definition) is 4. The topological polar surface area (TPSA) is 128 Å². The summed E-state index contributed by atoms with van der Waals surface area (Å²) in [6, 6.07) is 14.3. The molecule has 4 aromatic rings. The number of hydrogen-bond acceptors (Lipinski definition) is 7. The van der Waals surface area contributed by atoms with Crippen molar-refractivity contribution in [2.45, 2.75) is 32.7 Å². The fourth-order valence-electron chi connectivity index (χ4n) is 4.90. The molecule has 43 heavy (non-hydrogen) atoms. The zero-order valence-electron chi connectivity index (χ0n) is 23.7. The average Bonchev–Trinajstić information content (AvgIpc) is 3.01. The Labute approximate surface area is 253 Å². The fraction of sp³-hybridized carbons (Fsp3) is 0.281. The Balaban J connectivity index is 1.24. The number of amides is 2. The van der Waals surface area contributed by atoms with Crippen LogP contribution in [0.25, 0.3) is 10.9 Å². The number of carbonyl (C=O) groups is 2. The molecule has 0 aliphatic carbocycles. The van der Waals surface area contributed by atoms with Gasteiger partial charge in [0, 0.05) is 46.7 Å². The molecule has 11 heteroatoms. The van der Waals surface area contributed by atoms with E-state index < -0.39 is 17.6 Å². The van der Waals surface area contributed by atoms with Gasteiger partial charge in [0.05, 0.1) is 12.1 Å². The van der Waals surface area contributed by atoms with E-state index in [-0.39, 0.29) is 18.0 Å². The normalized spacial score (nSPS) is 13.5. The number of nitrogens with two attached hydrogens (primary N) is 1. The Kier molecular flexibility index (Phi) is 9.58. The summed E-state index contributed by atoms with van der Waals surface area (Å²) in [7, 11) is 0. The molecule has 5 N–H and O–H groups in total. The van der Waals surface area contributed by atoms with E-state index in [9.17, 15) is 9.59 Å². The molecule has 0 atom stereocenters. The third-order valence-electron chi connectivity index (χ3n) is 7.36. The largest absolute Gasteiger partial charge is 0.493 e. The number of piperidine rings is 1. The first-order chi connectivity index (χ1) is 20.8. The Morgan fingerprint density at radius 2 is 1.84 bits per heavy atom. The van der Waals surface area contributed by atoms with Crippen molar-refractivity contribution in [3.8, 4) is 17.2 Å². The first-order valence-electron chi connectivity index (χ1n) is 14.2. The molecule has 0 saturated carbocycles. The number of aryl methyl sites for hydroxylation is 1. The molecule has 1 aliphatic rings. The van der Waals surface area contributed by atoms with Crippen molar-refractivity contribution in [1.82, 2.24) is 15.6 Å². The molecule has 9 nitrogen and oxygen atoms in total. The lowest BCUT2D eigenvalue weighted by Crippen LogP contribution is -2.35. The smallest absolute Gasteiger partial charge is 0.313 e. The summed E-state index contributed by atoms with van der Waals surface area (Å²) >= 11 is 5.89. The zero-order chi connectivity index (χ0) is 30.3. The van der Waals surface area contributed by atoms with Gasteiger partial charge in [0.15, 0.2) is 11.6 Å². The lowest BCUT2D eigenvalue weighted by Gasteiger charge is -2.23. The van der Waals surface area contributed by atoms with Crippen LogP contribution in [0.15, 0.2) is 60.8 Å². The zero-order valence-corrected chi connectivity index (χ0v) is 24.5. The molecule has 3 aromatic carbocycles. The van der Waals surface area contributed by atoms with Gasteiger partial charge >= 0.3 is 11.8 Å². The van der Waals surface area contributed by atoms with E-state index in [1.54, 1.807) is 30.5 Å². The highest BCUT2D eigenvalue weighted by molar-refractivity contribution is 6.39. The second kappa shape index (κ2) is 13.7. The average molecular weight is 606 g/mol. The predicted molar refractivity (Wildman–Crippen MR) is 165 cm³/mol. The number of pyridine rings is 1. The molecule has 0 unspecified atom stereocenters. The number of ether oxygens (including phenoxy) is 2. The number of nitrogens with one attached hydrogen (secondary N) is 3. The molecule has 0 bridgehead atoms. The minimum Gasteiger partial charge on any atom is -0.493 e. The number of carbonyl (C=O) groups excluding carboxylic acids is 2. The summed E-state index contributed by atoms with van der Waals surface area (Å²) in [4.78, 5) is 29.2. The number of nitrogen functional groups attached to an aromatic ring is 1. The van der Waals surface area contributed by atoms with Gasteiger partial charge in [0.2, 0.25) is 0 Å².